The second-order valence-corrected chi connectivity index (χ2v) is 8.61. The number of aromatic nitrogens is 2. The Hall–Kier alpha value is -2.60. The van der Waals surface area contributed by atoms with E-state index in [9.17, 15) is 9.59 Å². The summed E-state index contributed by atoms with van der Waals surface area (Å²) in [7, 11) is 0. The summed E-state index contributed by atoms with van der Waals surface area (Å²) in [6.07, 6.45) is 2.19. The molecule has 0 N–H and O–H groups in total. The molecule has 2 heterocycles. The van der Waals surface area contributed by atoms with Crippen molar-refractivity contribution >= 4 is 28.6 Å². The van der Waals surface area contributed by atoms with Gasteiger partial charge in [-0.15, -0.1) is 0 Å². The van der Waals surface area contributed by atoms with E-state index in [0.29, 0.717) is 11.1 Å². The number of para-hydroxylation sites is 1. The van der Waals surface area contributed by atoms with Crippen LogP contribution in [0.2, 0.25) is 0 Å². The normalized spacial score (nSPS) is 14.1. The SMILES string of the molecule is CC(C)n1c(SCc2ccc(C(=O)N3CCCC3)cc2)nc2ccccc2c1=O. The lowest BCUT2D eigenvalue weighted by Crippen LogP contribution is -2.27. The molecule has 150 valence electrons. The molecule has 1 amide bonds. The van der Waals surface area contributed by atoms with Crippen LogP contribution < -0.4 is 5.56 Å². The number of fused-ring (bicyclic) bond motifs is 1. The zero-order valence-electron chi connectivity index (χ0n) is 16.8. The molecule has 0 atom stereocenters. The van der Waals surface area contributed by atoms with Crippen LogP contribution >= 0.6 is 11.8 Å². The standard InChI is InChI=1S/C23H25N3O2S/c1-16(2)26-22(28)19-7-3-4-8-20(19)24-23(26)29-15-17-9-11-18(12-10-17)21(27)25-13-5-6-14-25/h3-4,7-12,16H,5-6,13-15H2,1-2H3. The predicted molar refractivity (Wildman–Crippen MR) is 118 cm³/mol. The Labute approximate surface area is 174 Å². The van der Waals surface area contributed by atoms with Gasteiger partial charge in [0.25, 0.3) is 11.5 Å². The Morgan fingerprint density at radius 1 is 1.07 bits per heavy atom. The number of carbonyl (C=O) groups is 1. The third-order valence-corrected chi connectivity index (χ3v) is 6.28. The zero-order valence-corrected chi connectivity index (χ0v) is 17.6. The molecule has 0 bridgehead atoms. The second-order valence-electron chi connectivity index (χ2n) is 7.67. The Bertz CT molecular complexity index is 1080. The number of carbonyl (C=O) groups excluding carboxylic acids is 1. The van der Waals surface area contributed by atoms with Gasteiger partial charge in [0, 0.05) is 30.4 Å². The average molecular weight is 408 g/mol. The van der Waals surface area contributed by atoms with Gasteiger partial charge in [-0.1, -0.05) is 36.0 Å². The molecule has 2 aromatic carbocycles. The number of benzene rings is 2. The van der Waals surface area contributed by atoms with Crippen molar-refractivity contribution in [2.24, 2.45) is 0 Å². The summed E-state index contributed by atoms with van der Waals surface area (Å²) in [5.74, 6) is 0.807. The molecule has 1 aliphatic rings. The maximum Gasteiger partial charge on any atom is 0.262 e. The first-order valence-electron chi connectivity index (χ1n) is 10.1. The van der Waals surface area contributed by atoms with Gasteiger partial charge in [-0.3, -0.25) is 14.2 Å². The van der Waals surface area contributed by atoms with Crippen LogP contribution in [0.1, 0.15) is 48.7 Å². The predicted octanol–water partition coefficient (Wildman–Crippen LogP) is 4.51. The summed E-state index contributed by atoms with van der Waals surface area (Å²) in [5.41, 5.74) is 2.57. The fourth-order valence-electron chi connectivity index (χ4n) is 3.68. The molecule has 4 rings (SSSR count). The lowest BCUT2D eigenvalue weighted by Gasteiger charge is -2.16. The van der Waals surface area contributed by atoms with Crippen LogP contribution in [-0.4, -0.2) is 33.4 Å². The smallest absolute Gasteiger partial charge is 0.262 e. The van der Waals surface area contributed by atoms with Gasteiger partial charge in [0.1, 0.15) is 0 Å². The van der Waals surface area contributed by atoms with E-state index >= 15 is 0 Å². The topological polar surface area (TPSA) is 55.2 Å². The molecule has 1 fully saturated rings. The molecule has 5 nitrogen and oxygen atoms in total. The first-order chi connectivity index (χ1) is 14.0. The van der Waals surface area contributed by atoms with Crippen molar-refractivity contribution in [1.82, 2.24) is 14.5 Å². The van der Waals surface area contributed by atoms with Crippen LogP contribution in [0.4, 0.5) is 0 Å². The molecule has 0 aliphatic carbocycles. The summed E-state index contributed by atoms with van der Waals surface area (Å²) in [6.45, 7) is 5.72. The number of thioether (sulfide) groups is 1. The number of rotatable bonds is 5. The maximum atomic E-state index is 12.9. The van der Waals surface area contributed by atoms with Crippen LogP contribution in [0.5, 0.6) is 0 Å². The monoisotopic (exact) mass is 407 g/mol. The first-order valence-corrected chi connectivity index (χ1v) is 11.1. The minimum absolute atomic E-state index is 0.000317. The van der Waals surface area contributed by atoms with Gasteiger partial charge in [-0.2, -0.15) is 0 Å². The molecular formula is C23H25N3O2S. The van der Waals surface area contributed by atoms with Gasteiger partial charge in [0.15, 0.2) is 5.16 Å². The molecular weight excluding hydrogens is 382 g/mol. The van der Waals surface area contributed by atoms with Crippen LogP contribution in [0.25, 0.3) is 10.9 Å². The number of nitrogens with zero attached hydrogens (tertiary/aromatic N) is 3. The minimum atomic E-state index is -0.000317. The highest BCUT2D eigenvalue weighted by atomic mass is 32.2. The third kappa shape index (κ3) is 4.08. The molecule has 0 spiro atoms. The van der Waals surface area contributed by atoms with Gasteiger partial charge in [0.05, 0.1) is 10.9 Å². The molecule has 0 saturated carbocycles. The molecule has 3 aromatic rings. The van der Waals surface area contributed by atoms with E-state index in [-0.39, 0.29) is 17.5 Å². The van der Waals surface area contributed by atoms with Crippen LogP contribution in [-0.2, 0) is 5.75 Å². The number of amides is 1. The zero-order chi connectivity index (χ0) is 20.4. The highest BCUT2D eigenvalue weighted by Gasteiger charge is 2.19. The van der Waals surface area contributed by atoms with Crippen LogP contribution in [0, 0.1) is 0 Å². The van der Waals surface area contributed by atoms with Gasteiger partial charge in [-0.25, -0.2) is 4.98 Å². The molecule has 1 aliphatic heterocycles. The van der Waals surface area contributed by atoms with Gasteiger partial charge >= 0.3 is 0 Å². The number of hydrogen-bond acceptors (Lipinski definition) is 4. The summed E-state index contributed by atoms with van der Waals surface area (Å²) < 4.78 is 1.76. The van der Waals surface area contributed by atoms with Crippen molar-refractivity contribution in [3.05, 3.63) is 70.0 Å². The fraction of sp³-hybridized carbons (Fsp3) is 0.348. The van der Waals surface area contributed by atoms with Crippen molar-refractivity contribution in [3.63, 3.8) is 0 Å². The fourth-order valence-corrected chi connectivity index (χ4v) is 4.76. The summed E-state index contributed by atoms with van der Waals surface area (Å²) >= 11 is 1.55. The summed E-state index contributed by atoms with van der Waals surface area (Å²) in [4.78, 5) is 32.1. The molecule has 6 heteroatoms. The number of hydrogen-bond donors (Lipinski definition) is 0. The lowest BCUT2D eigenvalue weighted by atomic mass is 10.1. The quantitative estimate of drug-likeness (QED) is 0.461. The van der Waals surface area contributed by atoms with Gasteiger partial charge < -0.3 is 4.90 Å². The van der Waals surface area contributed by atoms with Gasteiger partial charge in [0.2, 0.25) is 0 Å². The van der Waals surface area contributed by atoms with E-state index in [4.69, 9.17) is 4.98 Å². The Morgan fingerprint density at radius 3 is 2.45 bits per heavy atom. The van der Waals surface area contributed by atoms with Crippen molar-refractivity contribution in [2.75, 3.05) is 13.1 Å². The largest absolute Gasteiger partial charge is 0.339 e. The molecule has 0 radical (unpaired) electrons. The Balaban J connectivity index is 1.54. The first kappa shape index (κ1) is 19.7. The average Bonchev–Trinajstić information content (AvgIpc) is 3.27. The highest BCUT2D eigenvalue weighted by molar-refractivity contribution is 7.98. The highest BCUT2D eigenvalue weighted by Crippen LogP contribution is 2.25. The van der Waals surface area contributed by atoms with Crippen molar-refractivity contribution < 1.29 is 4.79 Å². The van der Waals surface area contributed by atoms with E-state index in [2.05, 4.69) is 0 Å². The molecule has 1 saturated heterocycles. The maximum absolute atomic E-state index is 12.9. The van der Waals surface area contributed by atoms with Crippen molar-refractivity contribution in [3.8, 4) is 0 Å². The van der Waals surface area contributed by atoms with Crippen LogP contribution in [0.3, 0.4) is 0 Å². The third-order valence-electron chi connectivity index (χ3n) is 5.25. The van der Waals surface area contributed by atoms with Crippen molar-refractivity contribution in [2.45, 2.75) is 43.6 Å². The van der Waals surface area contributed by atoms with Crippen LogP contribution in [0.15, 0.2) is 58.5 Å². The Kier molecular flexibility index (Phi) is 5.72. The lowest BCUT2D eigenvalue weighted by molar-refractivity contribution is 0.0793. The van der Waals surface area contributed by atoms with Crippen molar-refractivity contribution in [1.29, 1.82) is 0 Å². The summed E-state index contributed by atoms with van der Waals surface area (Å²) in [5, 5.41) is 1.37. The van der Waals surface area contributed by atoms with E-state index in [0.717, 1.165) is 47.7 Å². The second kappa shape index (κ2) is 8.41. The molecule has 29 heavy (non-hydrogen) atoms. The Morgan fingerprint density at radius 2 is 1.76 bits per heavy atom. The molecule has 0 unspecified atom stereocenters. The van der Waals surface area contributed by atoms with Gasteiger partial charge in [-0.05, 0) is 56.5 Å². The summed E-state index contributed by atoms with van der Waals surface area (Å²) in [6, 6.07) is 15.3. The number of likely N-dealkylation sites (tertiary alicyclic amines) is 1. The molecule has 1 aromatic heterocycles. The van der Waals surface area contributed by atoms with E-state index < -0.39 is 0 Å². The van der Waals surface area contributed by atoms with E-state index in [1.165, 1.54) is 0 Å². The van der Waals surface area contributed by atoms with E-state index in [1.807, 2.05) is 67.3 Å². The van der Waals surface area contributed by atoms with E-state index in [1.54, 1.807) is 16.3 Å². The minimum Gasteiger partial charge on any atom is -0.339 e.